The van der Waals surface area contributed by atoms with Gasteiger partial charge in [0.05, 0.1) is 38.3 Å². The molecule has 8 nitrogen and oxygen atoms in total. The Bertz CT molecular complexity index is 516. The third-order valence-electron chi connectivity index (χ3n) is 3.31. The van der Waals surface area contributed by atoms with Gasteiger partial charge in [-0.3, -0.25) is 9.59 Å². The minimum absolute atomic E-state index is 0. The van der Waals surface area contributed by atoms with Crippen molar-refractivity contribution in [1.82, 2.24) is 0 Å². The van der Waals surface area contributed by atoms with Crippen LogP contribution >= 0.6 is 0 Å². The van der Waals surface area contributed by atoms with Crippen LogP contribution in [0.25, 0.3) is 0 Å². The van der Waals surface area contributed by atoms with Crippen molar-refractivity contribution in [3.63, 3.8) is 0 Å². The van der Waals surface area contributed by atoms with Gasteiger partial charge in [-0.2, -0.15) is 0 Å². The van der Waals surface area contributed by atoms with Crippen molar-refractivity contribution in [3.8, 4) is 0 Å². The van der Waals surface area contributed by atoms with Crippen LogP contribution in [0.1, 0.15) is 62.8 Å². The summed E-state index contributed by atoms with van der Waals surface area (Å²) in [5.74, 6) is -2.23. The summed E-state index contributed by atoms with van der Waals surface area (Å²) in [6.45, 7) is 21.9. The molecule has 0 bridgehead atoms. The molecule has 0 aliphatic heterocycles. The zero-order valence-corrected chi connectivity index (χ0v) is 19.7. The fraction of sp³-hybridized carbons (Fsp3) is 0.652. The summed E-state index contributed by atoms with van der Waals surface area (Å²) < 4.78 is 18.7. The molecule has 0 saturated heterocycles. The van der Waals surface area contributed by atoms with E-state index in [2.05, 4.69) is 22.6 Å². The third-order valence-corrected chi connectivity index (χ3v) is 3.31. The molecule has 0 aromatic heterocycles. The maximum atomic E-state index is 11.3. The zero-order valence-electron chi connectivity index (χ0n) is 19.7. The van der Waals surface area contributed by atoms with Gasteiger partial charge in [0.1, 0.15) is 0 Å². The van der Waals surface area contributed by atoms with Crippen LogP contribution in [0.5, 0.6) is 0 Å². The molecule has 0 heterocycles. The summed E-state index contributed by atoms with van der Waals surface area (Å²) in [5.41, 5.74) is 0.902. The number of hydrogen-bond donors (Lipinski definition) is 0. The van der Waals surface area contributed by atoms with Gasteiger partial charge in [-0.1, -0.05) is 34.4 Å². The van der Waals surface area contributed by atoms with E-state index in [0.717, 1.165) is 0 Å². The number of carbonyl (C=O) groups excluding carboxylic acids is 4. The maximum absolute atomic E-state index is 11.3. The number of rotatable bonds is 9. The van der Waals surface area contributed by atoms with Crippen LogP contribution in [0.15, 0.2) is 24.3 Å². The molecule has 2 unspecified atom stereocenters. The van der Waals surface area contributed by atoms with E-state index < -0.39 is 11.8 Å². The fourth-order valence-electron chi connectivity index (χ4n) is 1.46. The zero-order chi connectivity index (χ0) is 24.3. The lowest BCUT2D eigenvalue weighted by Gasteiger charge is -2.16. The highest BCUT2D eigenvalue weighted by molar-refractivity contribution is 5.87. The summed E-state index contributed by atoms with van der Waals surface area (Å²) in [6.07, 6.45) is 0. The minimum Gasteiger partial charge on any atom is -0.466 e. The predicted octanol–water partition coefficient (Wildman–Crippen LogP) is 4.27. The third kappa shape index (κ3) is 20.4. The SMILES string of the molecule is C.C=C(C)C(=O)OCC.C=C(C)C(=O)OCC.CCOC(=O)C(C)C(C)C(=O)OCC. The fourth-order valence-corrected chi connectivity index (χ4v) is 1.46. The van der Waals surface area contributed by atoms with E-state index in [9.17, 15) is 19.2 Å². The van der Waals surface area contributed by atoms with Gasteiger partial charge in [0.15, 0.2) is 0 Å². The van der Waals surface area contributed by atoms with Crippen LogP contribution in [0, 0.1) is 11.8 Å². The first-order valence-electron chi connectivity index (χ1n) is 9.89. The van der Waals surface area contributed by atoms with Crippen molar-refractivity contribution in [2.24, 2.45) is 11.8 Å². The number of carbonyl (C=O) groups is 4. The number of esters is 4. The van der Waals surface area contributed by atoms with E-state index in [1.807, 2.05) is 0 Å². The van der Waals surface area contributed by atoms with Crippen LogP contribution < -0.4 is 0 Å². The summed E-state index contributed by atoms with van der Waals surface area (Å²) in [5, 5.41) is 0. The minimum atomic E-state index is -0.450. The summed E-state index contributed by atoms with van der Waals surface area (Å²) >= 11 is 0. The predicted molar refractivity (Wildman–Crippen MR) is 121 cm³/mol. The lowest BCUT2D eigenvalue weighted by Crippen LogP contribution is -2.28. The molecule has 31 heavy (non-hydrogen) atoms. The highest BCUT2D eigenvalue weighted by atomic mass is 16.5. The molecule has 2 atom stereocenters. The van der Waals surface area contributed by atoms with E-state index in [-0.39, 0.29) is 31.3 Å². The number of ether oxygens (including phenoxy) is 4. The van der Waals surface area contributed by atoms with Crippen molar-refractivity contribution in [3.05, 3.63) is 24.3 Å². The monoisotopic (exact) mass is 446 g/mol. The van der Waals surface area contributed by atoms with Crippen molar-refractivity contribution < 1.29 is 38.1 Å². The van der Waals surface area contributed by atoms with Crippen LogP contribution in [0.3, 0.4) is 0 Å². The molecule has 8 heteroatoms. The van der Waals surface area contributed by atoms with Crippen LogP contribution in [-0.2, 0) is 38.1 Å². The van der Waals surface area contributed by atoms with Gasteiger partial charge in [-0.25, -0.2) is 9.59 Å². The first kappa shape index (κ1) is 35.8. The first-order valence-corrected chi connectivity index (χ1v) is 9.89. The molecule has 0 fully saturated rings. The van der Waals surface area contributed by atoms with Gasteiger partial charge >= 0.3 is 23.9 Å². The molecule has 0 saturated carbocycles. The molecular formula is C23H42O8. The Morgan fingerprint density at radius 3 is 0.968 bits per heavy atom. The summed E-state index contributed by atoms with van der Waals surface area (Å²) in [6, 6.07) is 0. The van der Waals surface area contributed by atoms with Crippen molar-refractivity contribution in [2.75, 3.05) is 26.4 Å². The average molecular weight is 447 g/mol. The molecule has 0 N–H and O–H groups in total. The van der Waals surface area contributed by atoms with Gasteiger partial charge in [-0.05, 0) is 41.5 Å². The maximum Gasteiger partial charge on any atom is 0.333 e. The Morgan fingerprint density at radius 1 is 0.613 bits per heavy atom. The smallest absolute Gasteiger partial charge is 0.333 e. The van der Waals surface area contributed by atoms with Gasteiger partial charge in [0, 0.05) is 11.1 Å². The van der Waals surface area contributed by atoms with E-state index in [0.29, 0.717) is 37.6 Å². The Hall–Kier alpha value is -2.64. The van der Waals surface area contributed by atoms with E-state index >= 15 is 0 Å². The van der Waals surface area contributed by atoms with Gasteiger partial charge in [-0.15, -0.1) is 0 Å². The summed E-state index contributed by atoms with van der Waals surface area (Å²) in [4.78, 5) is 43.4. The van der Waals surface area contributed by atoms with Crippen LogP contribution in [0.4, 0.5) is 0 Å². The van der Waals surface area contributed by atoms with Crippen molar-refractivity contribution in [1.29, 1.82) is 0 Å². The van der Waals surface area contributed by atoms with Gasteiger partial charge in [0.25, 0.3) is 0 Å². The van der Waals surface area contributed by atoms with Crippen LogP contribution in [0.2, 0.25) is 0 Å². The molecule has 0 rings (SSSR count). The second kappa shape index (κ2) is 22.1. The van der Waals surface area contributed by atoms with E-state index in [4.69, 9.17) is 9.47 Å². The van der Waals surface area contributed by atoms with E-state index in [1.54, 1.807) is 55.4 Å². The molecule has 0 amide bonds. The topological polar surface area (TPSA) is 105 Å². The van der Waals surface area contributed by atoms with Crippen LogP contribution in [-0.4, -0.2) is 50.3 Å². The molecular weight excluding hydrogens is 404 g/mol. The average Bonchev–Trinajstić information content (AvgIpc) is 2.68. The molecule has 0 spiro atoms. The van der Waals surface area contributed by atoms with Gasteiger partial charge < -0.3 is 18.9 Å². The Morgan fingerprint density at radius 2 is 0.839 bits per heavy atom. The molecule has 0 radical (unpaired) electrons. The molecule has 0 aliphatic rings. The van der Waals surface area contributed by atoms with Crippen molar-refractivity contribution >= 4 is 23.9 Å². The second-order valence-electron chi connectivity index (χ2n) is 6.08. The Labute approximate surface area is 188 Å². The largest absolute Gasteiger partial charge is 0.466 e. The second-order valence-corrected chi connectivity index (χ2v) is 6.08. The molecule has 0 aliphatic carbocycles. The normalized spacial score (nSPS) is 10.7. The lowest BCUT2D eigenvalue weighted by molar-refractivity contribution is -0.158. The highest BCUT2D eigenvalue weighted by Crippen LogP contribution is 2.14. The molecule has 0 aromatic carbocycles. The number of hydrogen-bond acceptors (Lipinski definition) is 8. The Balaban J connectivity index is -0.000000185. The summed E-state index contributed by atoms with van der Waals surface area (Å²) in [7, 11) is 0. The molecule has 0 aromatic rings. The molecule has 182 valence electrons. The standard InChI is InChI=1S/C10H18O4.2C6H10O2.CH4/c1-5-13-9(11)7(3)8(4)10(12)14-6-2;2*1-4-8-6(7)5(2)3;/h7-8H,5-6H2,1-4H3;2*2,4H2,1,3H3;1H4. The van der Waals surface area contributed by atoms with Gasteiger partial charge in [0.2, 0.25) is 0 Å². The lowest BCUT2D eigenvalue weighted by atomic mass is 9.96. The highest BCUT2D eigenvalue weighted by Gasteiger charge is 2.28. The van der Waals surface area contributed by atoms with E-state index in [1.165, 1.54) is 0 Å². The van der Waals surface area contributed by atoms with Crippen molar-refractivity contribution in [2.45, 2.75) is 62.8 Å². The first-order chi connectivity index (χ1) is 13.9. The Kier molecular flexibility index (Phi) is 25.5. The quantitative estimate of drug-likeness (QED) is 0.294.